The quantitative estimate of drug-likeness (QED) is 0.459. The smallest absolute Gasteiger partial charge is 0.257 e. The number of carbonyl (C=O) groups excluding carboxylic acids is 2. The molecule has 0 spiro atoms. The monoisotopic (exact) mass is 368 g/mol. The fraction of sp³-hybridized carbons (Fsp3) is 0.842. The number of unbranched alkanes of at least 4 members (excludes halogenated alkanes) is 3. The highest BCUT2D eigenvalue weighted by Crippen LogP contribution is 2.33. The summed E-state index contributed by atoms with van der Waals surface area (Å²) in [5.41, 5.74) is 5.41. The van der Waals surface area contributed by atoms with Crippen molar-refractivity contribution >= 4 is 17.8 Å². The molecule has 7 nitrogen and oxygen atoms in total. The number of hydrogen-bond acceptors (Lipinski definition) is 5. The average molecular weight is 369 g/mol. The molecular weight excluding hydrogens is 332 g/mol. The molecule has 3 N–H and O–H groups in total. The number of amides is 2. The van der Waals surface area contributed by atoms with Crippen LogP contribution in [-0.2, 0) is 14.3 Å². The molecule has 7 heteroatoms. The first kappa shape index (κ1) is 22.4. The molecule has 0 radical (unpaired) electrons. The second kappa shape index (κ2) is 11.9. The maximum absolute atomic E-state index is 13.0. The van der Waals surface area contributed by atoms with Gasteiger partial charge in [0.05, 0.1) is 6.61 Å². The number of ether oxygens (including phenoxy) is 1. The molecular formula is C19H36N4O3. The third-order valence-corrected chi connectivity index (χ3v) is 4.80. The number of methoxy groups -OCH3 is 1. The Morgan fingerprint density at radius 1 is 1.19 bits per heavy atom. The van der Waals surface area contributed by atoms with Gasteiger partial charge in [-0.25, -0.2) is 4.99 Å². The van der Waals surface area contributed by atoms with E-state index in [4.69, 9.17) is 10.5 Å². The highest BCUT2D eigenvalue weighted by molar-refractivity contribution is 6.06. The molecule has 0 fully saturated rings. The molecule has 0 aromatic heterocycles. The average Bonchev–Trinajstić information content (AvgIpc) is 2.86. The zero-order valence-corrected chi connectivity index (χ0v) is 16.7. The van der Waals surface area contributed by atoms with Crippen LogP contribution in [0.2, 0.25) is 0 Å². The lowest BCUT2D eigenvalue weighted by molar-refractivity contribution is -0.131. The number of nitrogens with zero attached hydrogens (tertiary/aromatic N) is 2. The molecule has 150 valence electrons. The first-order chi connectivity index (χ1) is 12.5. The van der Waals surface area contributed by atoms with E-state index in [1.807, 2.05) is 0 Å². The number of guanidine groups is 1. The van der Waals surface area contributed by atoms with E-state index in [2.05, 4.69) is 24.2 Å². The Balaban J connectivity index is 2.49. The highest BCUT2D eigenvalue weighted by atomic mass is 16.5. The van der Waals surface area contributed by atoms with Crippen LogP contribution in [0.5, 0.6) is 0 Å². The van der Waals surface area contributed by atoms with E-state index in [1.54, 1.807) is 12.0 Å². The molecule has 0 saturated carbocycles. The summed E-state index contributed by atoms with van der Waals surface area (Å²) < 4.78 is 4.90. The van der Waals surface area contributed by atoms with Crippen LogP contribution in [0.15, 0.2) is 4.99 Å². The van der Waals surface area contributed by atoms with Gasteiger partial charge in [-0.3, -0.25) is 14.5 Å². The van der Waals surface area contributed by atoms with E-state index in [-0.39, 0.29) is 11.8 Å². The number of nitrogens with one attached hydrogen (secondary N) is 1. The summed E-state index contributed by atoms with van der Waals surface area (Å²) in [5, 5.41) is 2.80. The Morgan fingerprint density at radius 3 is 2.42 bits per heavy atom. The Labute approximate surface area is 157 Å². The van der Waals surface area contributed by atoms with Gasteiger partial charge in [-0.15, -0.1) is 0 Å². The van der Waals surface area contributed by atoms with Crippen molar-refractivity contribution < 1.29 is 14.3 Å². The van der Waals surface area contributed by atoms with Crippen LogP contribution in [0.4, 0.5) is 0 Å². The first-order valence-corrected chi connectivity index (χ1v) is 9.93. The van der Waals surface area contributed by atoms with Crippen molar-refractivity contribution in [3.63, 3.8) is 0 Å². The Morgan fingerprint density at radius 2 is 1.85 bits per heavy atom. The number of aliphatic imine (C=N–C) groups is 1. The summed E-state index contributed by atoms with van der Waals surface area (Å²) in [6.45, 7) is 5.81. The minimum absolute atomic E-state index is 0.0108. The number of rotatable bonds is 14. The van der Waals surface area contributed by atoms with Gasteiger partial charge in [0.1, 0.15) is 5.54 Å². The van der Waals surface area contributed by atoms with Crippen LogP contribution in [0.1, 0.15) is 71.6 Å². The van der Waals surface area contributed by atoms with Crippen molar-refractivity contribution in [2.45, 2.75) is 77.2 Å². The van der Waals surface area contributed by atoms with Gasteiger partial charge in [0.25, 0.3) is 5.91 Å². The molecule has 0 aliphatic carbocycles. The van der Waals surface area contributed by atoms with Crippen molar-refractivity contribution in [1.29, 1.82) is 0 Å². The van der Waals surface area contributed by atoms with E-state index in [0.717, 1.165) is 44.9 Å². The lowest BCUT2D eigenvalue weighted by Gasteiger charge is -2.26. The summed E-state index contributed by atoms with van der Waals surface area (Å²) in [4.78, 5) is 30.9. The van der Waals surface area contributed by atoms with E-state index in [1.165, 1.54) is 0 Å². The van der Waals surface area contributed by atoms with Gasteiger partial charge >= 0.3 is 0 Å². The third kappa shape index (κ3) is 6.59. The highest BCUT2D eigenvalue weighted by Gasteiger charge is 2.46. The van der Waals surface area contributed by atoms with Crippen molar-refractivity contribution in [3.05, 3.63) is 0 Å². The Kier molecular flexibility index (Phi) is 10.2. The fourth-order valence-corrected chi connectivity index (χ4v) is 3.22. The number of carbonyl (C=O) groups is 2. The van der Waals surface area contributed by atoms with Gasteiger partial charge in [-0.05, 0) is 25.7 Å². The minimum atomic E-state index is -0.659. The van der Waals surface area contributed by atoms with Crippen LogP contribution in [0.3, 0.4) is 0 Å². The largest absolute Gasteiger partial charge is 0.383 e. The van der Waals surface area contributed by atoms with E-state index < -0.39 is 5.54 Å². The van der Waals surface area contributed by atoms with Crippen LogP contribution in [0.25, 0.3) is 0 Å². The zero-order valence-electron chi connectivity index (χ0n) is 16.7. The molecule has 0 unspecified atom stereocenters. The number of hydrogen-bond donors (Lipinski definition) is 2. The predicted molar refractivity (Wildman–Crippen MR) is 104 cm³/mol. The van der Waals surface area contributed by atoms with Crippen LogP contribution < -0.4 is 11.1 Å². The second-order valence-corrected chi connectivity index (χ2v) is 6.97. The molecule has 1 rings (SSSR count). The van der Waals surface area contributed by atoms with Gasteiger partial charge in [0, 0.05) is 26.6 Å². The summed E-state index contributed by atoms with van der Waals surface area (Å²) in [6.07, 6.45) is 7.44. The molecule has 0 atom stereocenters. The van der Waals surface area contributed by atoms with Gasteiger partial charge < -0.3 is 15.8 Å². The van der Waals surface area contributed by atoms with Crippen molar-refractivity contribution in [1.82, 2.24) is 10.2 Å². The first-order valence-electron chi connectivity index (χ1n) is 9.93. The summed E-state index contributed by atoms with van der Waals surface area (Å²) in [5.74, 6) is 0.393. The van der Waals surface area contributed by atoms with Gasteiger partial charge in [-0.2, -0.15) is 0 Å². The molecule has 0 saturated heterocycles. The minimum Gasteiger partial charge on any atom is -0.383 e. The van der Waals surface area contributed by atoms with E-state index in [9.17, 15) is 9.59 Å². The van der Waals surface area contributed by atoms with Gasteiger partial charge in [-0.1, -0.05) is 39.5 Å². The Hall–Kier alpha value is -1.63. The van der Waals surface area contributed by atoms with Crippen molar-refractivity contribution in [2.24, 2.45) is 10.7 Å². The fourth-order valence-electron chi connectivity index (χ4n) is 3.22. The normalized spacial score (nSPS) is 16.0. The summed E-state index contributed by atoms with van der Waals surface area (Å²) >= 11 is 0. The Bertz CT molecular complexity index is 471. The molecule has 0 aromatic carbocycles. The molecule has 26 heavy (non-hydrogen) atoms. The van der Waals surface area contributed by atoms with Crippen LogP contribution in [0, 0.1) is 0 Å². The lowest BCUT2D eigenvalue weighted by atomic mass is 9.87. The van der Waals surface area contributed by atoms with Gasteiger partial charge in [0.2, 0.25) is 5.91 Å². The molecule has 1 aliphatic rings. The molecule has 1 aliphatic heterocycles. The maximum atomic E-state index is 13.0. The van der Waals surface area contributed by atoms with Crippen LogP contribution in [-0.4, -0.2) is 55.0 Å². The predicted octanol–water partition coefficient (Wildman–Crippen LogP) is 2.20. The van der Waals surface area contributed by atoms with Crippen LogP contribution >= 0.6 is 0 Å². The van der Waals surface area contributed by atoms with Gasteiger partial charge in [0.15, 0.2) is 5.96 Å². The SMILES string of the molecule is CCCCC1(CCCC)N=C(N)N(CCCCC(=O)NCCOC)C1=O. The third-order valence-electron chi connectivity index (χ3n) is 4.80. The topological polar surface area (TPSA) is 97.0 Å². The van der Waals surface area contributed by atoms with E-state index >= 15 is 0 Å². The number of nitrogens with two attached hydrogens (primary N) is 1. The maximum Gasteiger partial charge on any atom is 0.257 e. The molecule has 1 heterocycles. The standard InChI is InChI=1S/C19H36N4O3/c1-4-6-11-19(12-7-5-2)17(25)23(18(20)22-19)14-9-8-10-16(24)21-13-15-26-3/h4-15H2,1-3H3,(H2,20,22)(H,21,24). The zero-order chi connectivity index (χ0) is 19.4. The summed E-state index contributed by atoms with van der Waals surface area (Å²) in [6, 6.07) is 0. The van der Waals surface area contributed by atoms with E-state index in [0.29, 0.717) is 38.5 Å². The summed E-state index contributed by atoms with van der Waals surface area (Å²) in [7, 11) is 1.60. The molecule has 0 aromatic rings. The second-order valence-electron chi connectivity index (χ2n) is 6.97. The van der Waals surface area contributed by atoms with Crippen molar-refractivity contribution in [3.8, 4) is 0 Å². The van der Waals surface area contributed by atoms with Crippen molar-refractivity contribution in [2.75, 3.05) is 26.8 Å². The lowest BCUT2D eigenvalue weighted by Crippen LogP contribution is -2.44. The molecule has 0 bridgehead atoms. The molecule has 2 amide bonds.